The third-order valence-electron chi connectivity index (χ3n) is 10.7. The summed E-state index contributed by atoms with van der Waals surface area (Å²) in [5.41, 5.74) is 1.52. The molecule has 0 unspecified atom stereocenters. The lowest BCUT2D eigenvalue weighted by Gasteiger charge is -2.38. The highest BCUT2D eigenvalue weighted by atomic mass is 32.1. The molecular weight excluding hydrogens is 611 g/mol. The fourth-order valence-electron chi connectivity index (χ4n) is 8.52. The van der Waals surface area contributed by atoms with Gasteiger partial charge < -0.3 is 25.0 Å². The van der Waals surface area contributed by atoms with E-state index >= 15 is 0 Å². The second-order valence-corrected chi connectivity index (χ2v) is 14.3. The Morgan fingerprint density at radius 2 is 2.00 bits per heavy atom. The Morgan fingerprint density at radius 1 is 1.20 bits per heavy atom. The quantitative estimate of drug-likeness (QED) is 0.389. The van der Waals surface area contributed by atoms with Crippen LogP contribution in [-0.4, -0.2) is 99.5 Å². The van der Waals surface area contributed by atoms with Crippen LogP contribution in [0.5, 0.6) is 0 Å². The molecule has 2 amide bonds. The van der Waals surface area contributed by atoms with E-state index in [-0.39, 0.29) is 41.9 Å². The van der Waals surface area contributed by atoms with Crippen LogP contribution in [0.15, 0.2) is 46.0 Å². The highest BCUT2D eigenvalue weighted by molar-refractivity contribution is 7.11. The second-order valence-electron chi connectivity index (χ2n) is 13.4. The largest absolute Gasteiger partial charge is 0.481 e. The lowest BCUT2D eigenvalue weighted by molar-refractivity contribution is -0.140. The molecule has 5 aliphatic rings. The van der Waals surface area contributed by atoms with Gasteiger partial charge >= 0.3 is 18.0 Å². The van der Waals surface area contributed by atoms with Gasteiger partial charge in [0.15, 0.2) is 10.8 Å². The maximum Gasteiger partial charge on any atom is 0.338 e. The number of benzene rings is 1. The Kier molecular flexibility index (Phi) is 7.87. The molecule has 7 rings (SSSR count). The number of hydrogen-bond acceptors (Lipinski definition) is 9. The first-order chi connectivity index (χ1) is 22.1. The fourth-order valence-corrected chi connectivity index (χ4v) is 9.11. The molecule has 4 fully saturated rings. The molecule has 2 saturated carbocycles. The van der Waals surface area contributed by atoms with E-state index in [0.717, 1.165) is 32.1 Å². The number of fused-ring (bicyclic) bond motifs is 3. The number of aromatic nitrogens is 1. The van der Waals surface area contributed by atoms with E-state index in [1.807, 2.05) is 10.3 Å². The van der Waals surface area contributed by atoms with Gasteiger partial charge in [0.05, 0.1) is 24.6 Å². The predicted octanol–water partition coefficient (Wildman–Crippen LogP) is 4.10. The summed E-state index contributed by atoms with van der Waals surface area (Å²) in [6, 6.07) is 4.07. The van der Waals surface area contributed by atoms with Crippen molar-refractivity contribution in [2.45, 2.75) is 70.0 Å². The number of carbonyl (C=O) groups is 3. The Morgan fingerprint density at radius 3 is 2.72 bits per heavy atom. The van der Waals surface area contributed by atoms with Crippen LogP contribution in [0.2, 0.25) is 0 Å². The molecule has 244 valence electrons. The molecule has 13 heteroatoms. The predicted molar refractivity (Wildman–Crippen MR) is 169 cm³/mol. The first-order valence-corrected chi connectivity index (χ1v) is 16.9. The normalized spacial score (nSPS) is 29.2. The molecule has 2 N–H and O–H groups in total. The van der Waals surface area contributed by atoms with Gasteiger partial charge in [-0.2, -0.15) is 0 Å². The van der Waals surface area contributed by atoms with E-state index in [2.05, 4.69) is 20.1 Å². The molecule has 1 aromatic heterocycles. The number of hydrogen-bond donors (Lipinski definition) is 2. The van der Waals surface area contributed by atoms with Crippen molar-refractivity contribution in [1.82, 2.24) is 25.0 Å². The number of aliphatic carboxylic acids is 1. The van der Waals surface area contributed by atoms with Crippen LogP contribution >= 0.6 is 11.3 Å². The van der Waals surface area contributed by atoms with Gasteiger partial charge in [-0.15, -0.1) is 11.3 Å². The van der Waals surface area contributed by atoms with Crippen molar-refractivity contribution in [2.24, 2.45) is 10.4 Å². The first kappa shape index (κ1) is 30.8. The van der Waals surface area contributed by atoms with E-state index in [1.54, 1.807) is 32.2 Å². The number of halogens is 1. The number of carboxylic acids is 1. The number of amides is 2. The van der Waals surface area contributed by atoms with Crippen LogP contribution in [-0.2, 0) is 14.3 Å². The Bertz CT molecular complexity index is 1620. The molecule has 2 aliphatic carbocycles. The summed E-state index contributed by atoms with van der Waals surface area (Å²) in [5.74, 6) is -1.13. The summed E-state index contributed by atoms with van der Waals surface area (Å²) in [6.45, 7) is 6.40. The summed E-state index contributed by atoms with van der Waals surface area (Å²) in [5, 5.41) is 15.4. The maximum absolute atomic E-state index is 14.8. The van der Waals surface area contributed by atoms with E-state index in [1.165, 1.54) is 17.4 Å². The number of aliphatic imine (C=N–C) groups is 1. The fraction of sp³-hybridized carbons (Fsp3) is 0.545. The minimum absolute atomic E-state index is 0.0192. The monoisotopic (exact) mass is 650 g/mol. The number of nitrogens with zero attached hydrogens (tertiary/aromatic N) is 5. The number of carboxylic acid groups (broad SMARTS) is 1. The van der Waals surface area contributed by atoms with Crippen molar-refractivity contribution >= 4 is 35.1 Å². The zero-order valence-electron chi connectivity index (χ0n) is 26.1. The molecule has 11 nitrogen and oxygen atoms in total. The van der Waals surface area contributed by atoms with Gasteiger partial charge in [0.2, 0.25) is 0 Å². The first-order valence-electron chi connectivity index (χ1n) is 16.0. The van der Waals surface area contributed by atoms with Crippen molar-refractivity contribution in [2.75, 3.05) is 39.3 Å². The molecule has 2 saturated heterocycles. The van der Waals surface area contributed by atoms with Gasteiger partial charge in [0.1, 0.15) is 11.9 Å². The summed E-state index contributed by atoms with van der Waals surface area (Å²) in [4.78, 5) is 54.6. The number of carbonyl (C=O) groups excluding carboxylic acids is 2. The number of rotatable bonds is 9. The zero-order chi connectivity index (χ0) is 32.2. The molecule has 4 heterocycles. The van der Waals surface area contributed by atoms with Crippen LogP contribution in [0, 0.1) is 18.2 Å². The Hall–Kier alpha value is -3.84. The van der Waals surface area contributed by atoms with Gasteiger partial charge in [-0.1, -0.05) is 12.1 Å². The highest BCUT2D eigenvalue weighted by Crippen LogP contribution is 2.61. The van der Waals surface area contributed by atoms with E-state index < -0.39 is 18.0 Å². The van der Waals surface area contributed by atoms with Crippen LogP contribution in [0.3, 0.4) is 0 Å². The minimum Gasteiger partial charge on any atom is -0.481 e. The Balaban J connectivity index is 1.16. The lowest BCUT2D eigenvalue weighted by Crippen LogP contribution is -2.53. The second kappa shape index (κ2) is 11.8. The maximum atomic E-state index is 14.8. The standard InChI is InChI=1S/C33H39FN6O5S/c1-3-45-30(43)26-24(36-28(29-35-11-14-46-29)37-27(26)22-5-4-6-23(34)20(22)2)18-38-12-13-39-21(16-38)17-40(31(39)44)33-9-7-32(19-33,8-10-33)15-25(41)42/h4-6,11,14,21,27H,3,7-10,12-13,15-19H2,1-2H3,(H,36,37)(H,41,42)/t21-,27-,32?,33?/m0/s1. The number of nitrogens with one attached hydrogen (secondary N) is 1. The van der Waals surface area contributed by atoms with Crippen molar-refractivity contribution in [3.63, 3.8) is 0 Å². The third kappa shape index (κ3) is 5.26. The molecule has 0 radical (unpaired) electrons. The van der Waals surface area contributed by atoms with Crippen LogP contribution in [0.25, 0.3) is 0 Å². The molecule has 2 aromatic rings. The third-order valence-corrected chi connectivity index (χ3v) is 11.5. The van der Waals surface area contributed by atoms with Crippen molar-refractivity contribution < 1.29 is 28.6 Å². The smallest absolute Gasteiger partial charge is 0.338 e. The minimum atomic E-state index is -0.787. The number of amidine groups is 1. The molecule has 3 aliphatic heterocycles. The van der Waals surface area contributed by atoms with E-state index in [4.69, 9.17) is 9.73 Å². The van der Waals surface area contributed by atoms with E-state index in [9.17, 15) is 23.9 Å². The molecular formula is C33H39FN6O5S. The average Bonchev–Trinajstić information content (AvgIpc) is 3.82. The van der Waals surface area contributed by atoms with Gasteiger partial charge in [0.25, 0.3) is 0 Å². The average molecular weight is 651 g/mol. The topological polar surface area (TPSA) is 128 Å². The summed E-state index contributed by atoms with van der Waals surface area (Å²) < 4.78 is 20.3. The van der Waals surface area contributed by atoms with Crippen LogP contribution in [0.4, 0.5) is 9.18 Å². The SMILES string of the molecule is CCOC(=O)C1=C(CN2CCN3C(=O)N(C45CCC(CC(=O)O)(CC4)C5)C[C@@H]3C2)NC(c2nccs2)=N[C@H]1c1cccc(F)c1C. The van der Waals surface area contributed by atoms with Gasteiger partial charge in [-0.25, -0.2) is 19.0 Å². The van der Waals surface area contributed by atoms with Crippen molar-refractivity contribution in [1.29, 1.82) is 0 Å². The van der Waals surface area contributed by atoms with Gasteiger partial charge in [0, 0.05) is 55.5 Å². The number of esters is 1. The summed E-state index contributed by atoms with van der Waals surface area (Å²) >= 11 is 1.42. The number of ether oxygens (including phenoxy) is 1. The van der Waals surface area contributed by atoms with Crippen LogP contribution in [0.1, 0.15) is 67.6 Å². The molecule has 0 spiro atoms. The van der Waals surface area contributed by atoms with E-state index in [0.29, 0.717) is 66.0 Å². The number of piperazine rings is 1. The molecule has 1 aromatic carbocycles. The zero-order valence-corrected chi connectivity index (χ0v) is 26.9. The highest BCUT2D eigenvalue weighted by Gasteiger charge is 2.61. The van der Waals surface area contributed by atoms with Crippen molar-refractivity contribution in [3.8, 4) is 0 Å². The summed E-state index contributed by atoms with van der Waals surface area (Å²) in [6.07, 6.45) is 6.05. The summed E-state index contributed by atoms with van der Waals surface area (Å²) in [7, 11) is 0. The van der Waals surface area contributed by atoms with Crippen molar-refractivity contribution in [3.05, 3.63) is 63.0 Å². The molecule has 2 bridgehead atoms. The van der Waals surface area contributed by atoms with Gasteiger partial charge in [-0.05, 0) is 68.6 Å². The Labute approximate surface area is 271 Å². The van der Waals surface area contributed by atoms with Crippen LogP contribution < -0.4 is 5.32 Å². The number of thiazole rings is 1. The molecule has 2 atom stereocenters. The molecule has 46 heavy (non-hydrogen) atoms. The lowest BCUT2D eigenvalue weighted by atomic mass is 9.81. The van der Waals surface area contributed by atoms with Gasteiger partial charge in [-0.3, -0.25) is 14.7 Å². The number of urea groups is 1.